The summed E-state index contributed by atoms with van der Waals surface area (Å²) < 4.78 is 0. The lowest BCUT2D eigenvalue weighted by Gasteiger charge is -2.18. The van der Waals surface area contributed by atoms with Crippen LogP contribution in [0.5, 0.6) is 0 Å². The predicted octanol–water partition coefficient (Wildman–Crippen LogP) is 2.28. The molecule has 0 bridgehead atoms. The third kappa shape index (κ3) is 9.49. The number of carbonyl (C=O) groups is 3. The first kappa shape index (κ1) is 20.7. The Balaban J connectivity index is 2.56. The van der Waals surface area contributed by atoms with Crippen LogP contribution in [0, 0.1) is 0 Å². The molecule has 1 aromatic rings. The second-order valence-electron chi connectivity index (χ2n) is 6.09. The first-order valence-corrected chi connectivity index (χ1v) is 8.85. The fourth-order valence-corrected chi connectivity index (χ4v) is 2.50. The van der Waals surface area contributed by atoms with Crippen molar-refractivity contribution in [2.24, 2.45) is 0 Å². The summed E-state index contributed by atoms with van der Waals surface area (Å²) in [5.74, 6) is -1.78. The lowest BCUT2D eigenvalue weighted by atomic mass is 10.0. The van der Waals surface area contributed by atoms with Gasteiger partial charge < -0.3 is 15.7 Å². The predicted molar refractivity (Wildman–Crippen MR) is 96.1 cm³/mol. The monoisotopic (exact) mass is 348 g/mol. The Morgan fingerprint density at radius 1 is 1.04 bits per heavy atom. The number of amides is 2. The molecule has 0 aliphatic carbocycles. The van der Waals surface area contributed by atoms with Crippen LogP contribution < -0.4 is 10.6 Å². The molecule has 0 saturated heterocycles. The second-order valence-corrected chi connectivity index (χ2v) is 6.09. The number of hydrogen-bond donors (Lipinski definition) is 3. The van der Waals surface area contributed by atoms with Crippen molar-refractivity contribution in [3.63, 3.8) is 0 Å². The minimum atomic E-state index is -1.12. The Morgan fingerprint density at radius 3 is 2.36 bits per heavy atom. The van der Waals surface area contributed by atoms with E-state index in [4.69, 9.17) is 5.11 Å². The van der Waals surface area contributed by atoms with Crippen LogP contribution in [0.1, 0.15) is 51.0 Å². The van der Waals surface area contributed by atoms with E-state index in [2.05, 4.69) is 17.6 Å². The zero-order chi connectivity index (χ0) is 18.5. The summed E-state index contributed by atoms with van der Waals surface area (Å²) in [5, 5.41) is 13.8. The zero-order valence-corrected chi connectivity index (χ0v) is 14.8. The van der Waals surface area contributed by atoms with Crippen molar-refractivity contribution in [1.82, 2.24) is 10.6 Å². The number of hydrogen-bond acceptors (Lipinski definition) is 3. The SMILES string of the molecule is CCCCCCCC(=O)N[C@@H](Cc1ccccc1)C(=O)NCC(=O)O. The van der Waals surface area contributed by atoms with E-state index in [0.29, 0.717) is 12.8 Å². The van der Waals surface area contributed by atoms with E-state index >= 15 is 0 Å². The maximum atomic E-state index is 12.2. The van der Waals surface area contributed by atoms with Crippen LogP contribution in [-0.4, -0.2) is 35.5 Å². The summed E-state index contributed by atoms with van der Waals surface area (Å²) in [6, 6.07) is 8.55. The molecule has 6 nitrogen and oxygen atoms in total. The highest BCUT2D eigenvalue weighted by molar-refractivity contribution is 5.89. The van der Waals surface area contributed by atoms with Gasteiger partial charge in [-0.05, 0) is 12.0 Å². The van der Waals surface area contributed by atoms with Crippen LogP contribution in [0.25, 0.3) is 0 Å². The molecular formula is C19H28N2O4. The molecule has 0 aliphatic heterocycles. The molecule has 0 unspecified atom stereocenters. The van der Waals surface area contributed by atoms with Crippen molar-refractivity contribution >= 4 is 17.8 Å². The number of unbranched alkanes of at least 4 members (excludes halogenated alkanes) is 4. The van der Waals surface area contributed by atoms with Crippen LogP contribution in [0.2, 0.25) is 0 Å². The molecule has 0 fully saturated rings. The summed E-state index contributed by atoms with van der Waals surface area (Å²) in [6.07, 6.45) is 5.91. The van der Waals surface area contributed by atoms with E-state index in [1.807, 2.05) is 30.3 Å². The maximum Gasteiger partial charge on any atom is 0.322 e. The van der Waals surface area contributed by atoms with E-state index in [0.717, 1.165) is 37.7 Å². The Kier molecular flexibility index (Phi) is 9.97. The number of carboxylic acids is 1. The molecule has 1 aromatic carbocycles. The Labute approximate surface area is 149 Å². The highest BCUT2D eigenvalue weighted by atomic mass is 16.4. The van der Waals surface area contributed by atoms with Crippen molar-refractivity contribution in [3.8, 4) is 0 Å². The smallest absolute Gasteiger partial charge is 0.322 e. The van der Waals surface area contributed by atoms with E-state index in [1.165, 1.54) is 0 Å². The van der Waals surface area contributed by atoms with Gasteiger partial charge in [-0.1, -0.05) is 62.9 Å². The molecule has 0 radical (unpaired) electrons. The summed E-state index contributed by atoms with van der Waals surface area (Å²) in [7, 11) is 0. The lowest BCUT2D eigenvalue weighted by Crippen LogP contribution is -2.49. The first-order valence-electron chi connectivity index (χ1n) is 8.85. The quantitative estimate of drug-likeness (QED) is 0.505. The normalized spacial score (nSPS) is 11.6. The first-order chi connectivity index (χ1) is 12.0. The molecule has 25 heavy (non-hydrogen) atoms. The second kappa shape index (κ2) is 12.1. The van der Waals surface area contributed by atoms with Crippen LogP contribution in [-0.2, 0) is 20.8 Å². The van der Waals surface area contributed by atoms with Gasteiger partial charge in [-0.3, -0.25) is 14.4 Å². The summed E-state index contributed by atoms with van der Waals surface area (Å²) in [5.41, 5.74) is 0.904. The average molecular weight is 348 g/mol. The molecule has 138 valence electrons. The third-order valence-electron chi connectivity index (χ3n) is 3.86. The third-order valence-corrected chi connectivity index (χ3v) is 3.86. The van der Waals surface area contributed by atoms with Crippen molar-refractivity contribution < 1.29 is 19.5 Å². The van der Waals surface area contributed by atoms with Gasteiger partial charge in [-0.15, -0.1) is 0 Å². The molecule has 1 rings (SSSR count). The standard InChI is InChI=1S/C19H28N2O4/c1-2-3-4-5-9-12-17(22)21-16(19(25)20-14-18(23)24)13-15-10-7-6-8-11-15/h6-8,10-11,16H,2-5,9,12-14H2,1H3,(H,20,25)(H,21,22)(H,23,24)/t16-/m0/s1. The topological polar surface area (TPSA) is 95.5 Å². The Morgan fingerprint density at radius 2 is 1.72 bits per heavy atom. The molecule has 0 spiro atoms. The van der Waals surface area contributed by atoms with Crippen molar-refractivity contribution in [1.29, 1.82) is 0 Å². The molecular weight excluding hydrogens is 320 g/mol. The largest absolute Gasteiger partial charge is 0.480 e. The minimum Gasteiger partial charge on any atom is -0.480 e. The van der Waals surface area contributed by atoms with Gasteiger partial charge in [0.1, 0.15) is 12.6 Å². The summed E-state index contributed by atoms with van der Waals surface area (Å²) >= 11 is 0. The van der Waals surface area contributed by atoms with E-state index < -0.39 is 24.5 Å². The Bertz CT molecular complexity index is 546. The van der Waals surface area contributed by atoms with E-state index in [1.54, 1.807) is 0 Å². The molecule has 2 amide bonds. The molecule has 6 heteroatoms. The zero-order valence-electron chi connectivity index (χ0n) is 14.8. The van der Waals surface area contributed by atoms with Gasteiger partial charge in [0.05, 0.1) is 0 Å². The van der Waals surface area contributed by atoms with Crippen molar-refractivity contribution in [3.05, 3.63) is 35.9 Å². The number of nitrogens with one attached hydrogen (secondary N) is 2. The van der Waals surface area contributed by atoms with Gasteiger partial charge in [-0.25, -0.2) is 0 Å². The fraction of sp³-hybridized carbons (Fsp3) is 0.526. The van der Waals surface area contributed by atoms with Gasteiger partial charge in [0.25, 0.3) is 0 Å². The summed E-state index contributed by atoms with van der Waals surface area (Å²) in [4.78, 5) is 35.0. The van der Waals surface area contributed by atoms with E-state index in [-0.39, 0.29) is 5.91 Å². The number of aliphatic carboxylic acids is 1. The molecule has 0 heterocycles. The molecule has 0 aliphatic rings. The van der Waals surface area contributed by atoms with Crippen LogP contribution in [0.3, 0.4) is 0 Å². The number of carbonyl (C=O) groups excluding carboxylic acids is 2. The minimum absolute atomic E-state index is 0.178. The highest BCUT2D eigenvalue weighted by Gasteiger charge is 2.21. The highest BCUT2D eigenvalue weighted by Crippen LogP contribution is 2.07. The molecule has 0 aromatic heterocycles. The number of rotatable bonds is 12. The number of benzene rings is 1. The summed E-state index contributed by atoms with van der Waals surface area (Å²) in [6.45, 7) is 1.67. The van der Waals surface area contributed by atoms with Gasteiger partial charge in [-0.2, -0.15) is 0 Å². The number of carboxylic acid groups (broad SMARTS) is 1. The van der Waals surface area contributed by atoms with Crippen LogP contribution >= 0.6 is 0 Å². The lowest BCUT2D eigenvalue weighted by molar-refractivity contribution is -0.138. The fourth-order valence-electron chi connectivity index (χ4n) is 2.50. The van der Waals surface area contributed by atoms with Crippen LogP contribution in [0.15, 0.2) is 30.3 Å². The van der Waals surface area contributed by atoms with Crippen molar-refractivity contribution in [2.75, 3.05) is 6.54 Å². The van der Waals surface area contributed by atoms with Gasteiger partial charge in [0.15, 0.2) is 0 Å². The van der Waals surface area contributed by atoms with Crippen molar-refractivity contribution in [2.45, 2.75) is 57.9 Å². The Hall–Kier alpha value is -2.37. The molecule has 3 N–H and O–H groups in total. The average Bonchev–Trinajstić information content (AvgIpc) is 2.59. The van der Waals surface area contributed by atoms with Gasteiger partial charge in [0, 0.05) is 12.8 Å². The van der Waals surface area contributed by atoms with Gasteiger partial charge >= 0.3 is 5.97 Å². The molecule has 1 atom stereocenters. The molecule has 0 saturated carbocycles. The van der Waals surface area contributed by atoms with Crippen LogP contribution in [0.4, 0.5) is 0 Å². The van der Waals surface area contributed by atoms with E-state index in [9.17, 15) is 14.4 Å². The van der Waals surface area contributed by atoms with Gasteiger partial charge in [0.2, 0.25) is 11.8 Å². The maximum absolute atomic E-state index is 12.2.